The molecule has 3 nitrogen and oxygen atoms in total. The lowest BCUT2D eigenvalue weighted by Crippen LogP contribution is -2.10. The first-order chi connectivity index (χ1) is 10.2. The SMILES string of the molecule is CCCCCc1nc(N)c(CCCC)c(CCCCC)n1. The van der Waals surface area contributed by atoms with Gasteiger partial charge in [0.1, 0.15) is 11.6 Å². The molecule has 0 aliphatic carbocycles. The molecule has 0 aliphatic rings. The smallest absolute Gasteiger partial charge is 0.131 e. The molecule has 0 saturated heterocycles. The first kappa shape index (κ1) is 17.9. The number of hydrogen-bond acceptors (Lipinski definition) is 3. The van der Waals surface area contributed by atoms with Crippen LogP contribution in [0.3, 0.4) is 0 Å². The average molecular weight is 291 g/mol. The van der Waals surface area contributed by atoms with Gasteiger partial charge < -0.3 is 5.73 Å². The maximum absolute atomic E-state index is 6.22. The van der Waals surface area contributed by atoms with Gasteiger partial charge >= 0.3 is 0 Å². The van der Waals surface area contributed by atoms with Crippen molar-refractivity contribution in [3.05, 3.63) is 17.1 Å². The summed E-state index contributed by atoms with van der Waals surface area (Å²) in [6, 6.07) is 0. The number of nitrogens with two attached hydrogens (primary N) is 1. The Morgan fingerprint density at radius 2 is 1.33 bits per heavy atom. The number of aryl methyl sites for hydroxylation is 2. The lowest BCUT2D eigenvalue weighted by molar-refractivity contribution is 0.666. The topological polar surface area (TPSA) is 51.8 Å². The third kappa shape index (κ3) is 6.45. The molecule has 0 radical (unpaired) electrons. The molecule has 0 aliphatic heterocycles. The molecule has 1 rings (SSSR count). The Morgan fingerprint density at radius 3 is 1.95 bits per heavy atom. The maximum atomic E-state index is 6.22. The highest BCUT2D eigenvalue weighted by atomic mass is 15.0. The van der Waals surface area contributed by atoms with Crippen LogP contribution in [0.2, 0.25) is 0 Å². The van der Waals surface area contributed by atoms with Crippen LogP contribution in [0.25, 0.3) is 0 Å². The molecule has 2 N–H and O–H groups in total. The molecule has 0 spiro atoms. The molecule has 0 saturated carbocycles. The van der Waals surface area contributed by atoms with Gasteiger partial charge in [0, 0.05) is 17.7 Å². The van der Waals surface area contributed by atoms with Gasteiger partial charge in [0.2, 0.25) is 0 Å². The van der Waals surface area contributed by atoms with E-state index in [-0.39, 0.29) is 0 Å². The van der Waals surface area contributed by atoms with Crippen molar-refractivity contribution >= 4 is 5.82 Å². The lowest BCUT2D eigenvalue weighted by Gasteiger charge is -2.13. The molecule has 0 bridgehead atoms. The summed E-state index contributed by atoms with van der Waals surface area (Å²) in [7, 11) is 0. The van der Waals surface area contributed by atoms with Crippen LogP contribution in [-0.2, 0) is 19.3 Å². The van der Waals surface area contributed by atoms with Gasteiger partial charge in [0.25, 0.3) is 0 Å². The fourth-order valence-electron chi connectivity index (χ4n) is 2.62. The minimum absolute atomic E-state index is 0.733. The molecule has 1 aromatic rings. The highest BCUT2D eigenvalue weighted by molar-refractivity contribution is 5.42. The Balaban J connectivity index is 2.83. The summed E-state index contributed by atoms with van der Waals surface area (Å²) in [6.07, 6.45) is 12.8. The molecule has 0 unspecified atom stereocenters. The summed E-state index contributed by atoms with van der Waals surface area (Å²) in [5, 5.41) is 0. The standard InChI is InChI=1S/C18H33N3/c1-4-7-10-13-16-15(12-9-6-3)18(19)21-17(20-16)14-11-8-5-2/h4-14H2,1-3H3,(H2,19,20,21). The third-order valence-corrected chi connectivity index (χ3v) is 3.97. The summed E-state index contributed by atoms with van der Waals surface area (Å²) in [5.74, 6) is 1.68. The van der Waals surface area contributed by atoms with Crippen molar-refractivity contribution in [3.63, 3.8) is 0 Å². The second kappa shape index (κ2) is 10.6. The molecule has 0 amide bonds. The Labute approximate surface area is 130 Å². The van der Waals surface area contributed by atoms with Gasteiger partial charge in [-0.1, -0.05) is 52.9 Å². The molecular weight excluding hydrogens is 258 g/mol. The number of hydrogen-bond donors (Lipinski definition) is 1. The fraction of sp³-hybridized carbons (Fsp3) is 0.778. The summed E-state index contributed by atoms with van der Waals surface area (Å²) >= 11 is 0. The minimum atomic E-state index is 0.733. The van der Waals surface area contributed by atoms with Crippen molar-refractivity contribution in [1.82, 2.24) is 9.97 Å². The van der Waals surface area contributed by atoms with Crippen LogP contribution in [-0.4, -0.2) is 9.97 Å². The van der Waals surface area contributed by atoms with Crippen LogP contribution < -0.4 is 5.73 Å². The van der Waals surface area contributed by atoms with Crippen molar-refractivity contribution in [2.24, 2.45) is 0 Å². The Morgan fingerprint density at radius 1 is 0.714 bits per heavy atom. The van der Waals surface area contributed by atoms with E-state index in [9.17, 15) is 0 Å². The summed E-state index contributed by atoms with van der Waals surface area (Å²) in [4.78, 5) is 9.39. The van der Waals surface area contributed by atoms with Crippen molar-refractivity contribution < 1.29 is 0 Å². The molecule has 21 heavy (non-hydrogen) atoms. The van der Waals surface area contributed by atoms with Gasteiger partial charge in [-0.3, -0.25) is 0 Å². The quantitative estimate of drug-likeness (QED) is 0.592. The van der Waals surface area contributed by atoms with Gasteiger partial charge in [-0.05, 0) is 32.1 Å². The zero-order chi connectivity index (χ0) is 15.5. The van der Waals surface area contributed by atoms with Gasteiger partial charge in [-0.2, -0.15) is 0 Å². The van der Waals surface area contributed by atoms with E-state index >= 15 is 0 Å². The van der Waals surface area contributed by atoms with Gasteiger partial charge in [0.05, 0.1) is 0 Å². The third-order valence-electron chi connectivity index (χ3n) is 3.97. The predicted octanol–water partition coefficient (Wildman–Crippen LogP) is 4.87. The molecular formula is C18H33N3. The lowest BCUT2D eigenvalue weighted by atomic mass is 10.0. The normalized spacial score (nSPS) is 11.0. The van der Waals surface area contributed by atoms with E-state index in [0.717, 1.165) is 30.9 Å². The second-order valence-electron chi connectivity index (χ2n) is 5.97. The van der Waals surface area contributed by atoms with Crippen LogP contribution in [0, 0.1) is 0 Å². The molecule has 1 heterocycles. The second-order valence-corrected chi connectivity index (χ2v) is 5.97. The number of aromatic nitrogens is 2. The number of rotatable bonds is 11. The van der Waals surface area contributed by atoms with Crippen LogP contribution in [0.4, 0.5) is 5.82 Å². The van der Waals surface area contributed by atoms with E-state index in [1.54, 1.807) is 0 Å². The highest BCUT2D eigenvalue weighted by Gasteiger charge is 2.12. The van der Waals surface area contributed by atoms with Gasteiger partial charge in [-0.25, -0.2) is 9.97 Å². The molecule has 3 heteroatoms. The Kier molecular flexibility index (Phi) is 9.04. The van der Waals surface area contributed by atoms with E-state index in [0.29, 0.717) is 0 Å². The highest BCUT2D eigenvalue weighted by Crippen LogP contribution is 2.20. The van der Waals surface area contributed by atoms with Gasteiger partial charge in [0.15, 0.2) is 0 Å². The zero-order valence-electron chi connectivity index (χ0n) is 14.2. The van der Waals surface area contributed by atoms with Crippen LogP contribution in [0.1, 0.15) is 89.2 Å². The average Bonchev–Trinajstić information content (AvgIpc) is 2.47. The van der Waals surface area contributed by atoms with E-state index in [2.05, 4.69) is 25.8 Å². The fourth-order valence-corrected chi connectivity index (χ4v) is 2.62. The van der Waals surface area contributed by atoms with Crippen LogP contribution in [0.15, 0.2) is 0 Å². The van der Waals surface area contributed by atoms with Crippen LogP contribution >= 0.6 is 0 Å². The van der Waals surface area contributed by atoms with Crippen molar-refractivity contribution in [1.29, 1.82) is 0 Å². The number of unbranched alkanes of at least 4 members (excludes halogenated alkanes) is 5. The van der Waals surface area contributed by atoms with Crippen molar-refractivity contribution in [3.8, 4) is 0 Å². The summed E-state index contributed by atoms with van der Waals surface area (Å²) in [5.41, 5.74) is 8.65. The van der Waals surface area contributed by atoms with Crippen molar-refractivity contribution in [2.75, 3.05) is 5.73 Å². The first-order valence-electron chi connectivity index (χ1n) is 8.87. The largest absolute Gasteiger partial charge is 0.383 e. The summed E-state index contributed by atoms with van der Waals surface area (Å²) in [6.45, 7) is 6.68. The summed E-state index contributed by atoms with van der Waals surface area (Å²) < 4.78 is 0. The molecule has 0 fully saturated rings. The molecule has 1 aromatic heterocycles. The number of nitrogen functional groups attached to an aromatic ring is 1. The Hall–Kier alpha value is -1.12. The first-order valence-corrected chi connectivity index (χ1v) is 8.87. The zero-order valence-corrected chi connectivity index (χ0v) is 14.2. The molecule has 0 atom stereocenters. The molecule has 120 valence electrons. The van der Waals surface area contributed by atoms with E-state index in [4.69, 9.17) is 10.7 Å². The van der Waals surface area contributed by atoms with E-state index in [1.165, 1.54) is 62.6 Å². The van der Waals surface area contributed by atoms with Crippen LogP contribution in [0.5, 0.6) is 0 Å². The number of anilines is 1. The van der Waals surface area contributed by atoms with Crippen molar-refractivity contribution in [2.45, 2.75) is 91.4 Å². The minimum Gasteiger partial charge on any atom is -0.383 e. The predicted molar refractivity (Wildman–Crippen MR) is 91.5 cm³/mol. The van der Waals surface area contributed by atoms with E-state index < -0.39 is 0 Å². The van der Waals surface area contributed by atoms with Gasteiger partial charge in [-0.15, -0.1) is 0 Å². The molecule has 0 aromatic carbocycles. The maximum Gasteiger partial charge on any atom is 0.131 e. The number of nitrogens with zero attached hydrogens (tertiary/aromatic N) is 2. The Bertz CT molecular complexity index is 402. The van der Waals surface area contributed by atoms with E-state index in [1.807, 2.05) is 0 Å². The monoisotopic (exact) mass is 291 g/mol.